The van der Waals surface area contributed by atoms with E-state index in [4.69, 9.17) is 0 Å². The lowest BCUT2D eigenvalue weighted by Gasteiger charge is -2.19. The largest absolute Gasteiger partial charge is 0.388 e. The molecule has 1 aromatic heterocycles. The van der Waals surface area contributed by atoms with Crippen LogP contribution in [-0.2, 0) is 6.42 Å². The van der Waals surface area contributed by atoms with E-state index in [1.165, 1.54) is 5.56 Å². The molecule has 2 aromatic rings. The van der Waals surface area contributed by atoms with Gasteiger partial charge in [0, 0.05) is 17.8 Å². The lowest BCUT2D eigenvalue weighted by molar-refractivity contribution is 0.150. The summed E-state index contributed by atoms with van der Waals surface area (Å²) in [6.07, 6.45) is 2.27. The van der Waals surface area contributed by atoms with E-state index in [2.05, 4.69) is 24.0 Å². The fourth-order valence-corrected chi connectivity index (χ4v) is 2.05. The van der Waals surface area contributed by atoms with Crippen molar-refractivity contribution in [2.75, 3.05) is 0 Å². The van der Waals surface area contributed by atoms with Crippen LogP contribution in [0.3, 0.4) is 0 Å². The highest BCUT2D eigenvalue weighted by atomic mass is 16.3. The van der Waals surface area contributed by atoms with Crippen LogP contribution in [0.4, 0.5) is 0 Å². The lowest BCUT2D eigenvalue weighted by atomic mass is 9.93. The summed E-state index contributed by atoms with van der Waals surface area (Å²) in [7, 11) is 0. The number of hydrogen-bond donors (Lipinski definition) is 1. The Morgan fingerprint density at radius 3 is 2.39 bits per heavy atom. The first-order chi connectivity index (χ1) is 8.72. The van der Waals surface area contributed by atoms with Crippen molar-refractivity contribution in [3.8, 4) is 0 Å². The van der Waals surface area contributed by atoms with Crippen molar-refractivity contribution in [3.05, 3.63) is 65.5 Å². The van der Waals surface area contributed by atoms with Crippen LogP contribution >= 0.6 is 0 Å². The Bertz CT molecular complexity index is 478. The predicted octanol–water partition coefficient (Wildman–Crippen LogP) is 3.48. The molecule has 0 radical (unpaired) electrons. The minimum absolute atomic E-state index is 0.00123. The van der Waals surface area contributed by atoms with Crippen LogP contribution in [0.25, 0.3) is 0 Å². The second kappa shape index (κ2) is 5.78. The molecular weight excluding hydrogens is 222 g/mol. The summed E-state index contributed by atoms with van der Waals surface area (Å²) in [6, 6.07) is 13.9. The maximum atomic E-state index is 10.4. The second-order valence-electron chi connectivity index (χ2n) is 4.58. The van der Waals surface area contributed by atoms with Gasteiger partial charge in [-0.2, -0.15) is 0 Å². The Morgan fingerprint density at radius 2 is 1.83 bits per heavy atom. The summed E-state index contributed by atoms with van der Waals surface area (Å²) in [5, 5.41) is 10.4. The van der Waals surface area contributed by atoms with E-state index >= 15 is 0 Å². The smallest absolute Gasteiger partial charge is 0.0870 e. The van der Waals surface area contributed by atoms with E-state index in [1.54, 1.807) is 6.20 Å². The van der Waals surface area contributed by atoms with Gasteiger partial charge in [-0.05, 0) is 29.7 Å². The van der Waals surface area contributed by atoms with Crippen molar-refractivity contribution in [2.24, 2.45) is 0 Å². The normalized spacial score (nSPS) is 14.2. The van der Waals surface area contributed by atoms with Crippen molar-refractivity contribution < 1.29 is 5.11 Å². The SMILES string of the molecule is CCc1ccc(C(O)C(C)c2ccccn2)cc1. The van der Waals surface area contributed by atoms with Crippen molar-refractivity contribution in [3.63, 3.8) is 0 Å². The molecule has 2 rings (SSSR count). The Morgan fingerprint density at radius 1 is 1.11 bits per heavy atom. The van der Waals surface area contributed by atoms with Crippen LogP contribution in [0.5, 0.6) is 0 Å². The van der Waals surface area contributed by atoms with Crippen LogP contribution in [0, 0.1) is 0 Å². The molecule has 0 saturated heterocycles. The monoisotopic (exact) mass is 241 g/mol. The van der Waals surface area contributed by atoms with Crippen molar-refractivity contribution in [1.82, 2.24) is 4.98 Å². The number of pyridine rings is 1. The average molecular weight is 241 g/mol. The van der Waals surface area contributed by atoms with Gasteiger partial charge in [0.15, 0.2) is 0 Å². The molecule has 0 fully saturated rings. The Balaban J connectivity index is 2.17. The first-order valence-corrected chi connectivity index (χ1v) is 6.40. The van der Waals surface area contributed by atoms with E-state index in [9.17, 15) is 5.11 Å². The number of rotatable bonds is 4. The summed E-state index contributed by atoms with van der Waals surface area (Å²) in [5.41, 5.74) is 3.16. The van der Waals surface area contributed by atoms with Crippen LogP contribution in [0.1, 0.15) is 42.7 Å². The van der Waals surface area contributed by atoms with Crippen LogP contribution < -0.4 is 0 Å². The Labute approximate surface area is 108 Å². The third-order valence-corrected chi connectivity index (χ3v) is 3.36. The van der Waals surface area contributed by atoms with E-state index in [0.717, 1.165) is 17.7 Å². The molecule has 0 bridgehead atoms. The summed E-state index contributed by atoms with van der Waals surface area (Å²) in [6.45, 7) is 4.13. The molecule has 2 nitrogen and oxygen atoms in total. The first kappa shape index (κ1) is 12.8. The summed E-state index contributed by atoms with van der Waals surface area (Å²) < 4.78 is 0. The van der Waals surface area contributed by atoms with Gasteiger partial charge in [-0.25, -0.2) is 0 Å². The predicted molar refractivity (Wildman–Crippen MR) is 73.4 cm³/mol. The molecule has 0 aliphatic heterocycles. The molecule has 0 spiro atoms. The lowest BCUT2D eigenvalue weighted by Crippen LogP contribution is -2.09. The third-order valence-electron chi connectivity index (χ3n) is 3.36. The maximum absolute atomic E-state index is 10.4. The number of nitrogens with zero attached hydrogens (tertiary/aromatic N) is 1. The summed E-state index contributed by atoms with van der Waals surface area (Å²) in [4.78, 5) is 4.30. The molecule has 1 heterocycles. The van der Waals surface area contributed by atoms with E-state index in [-0.39, 0.29) is 5.92 Å². The van der Waals surface area contributed by atoms with Gasteiger partial charge in [0.1, 0.15) is 0 Å². The topological polar surface area (TPSA) is 33.1 Å². The molecule has 2 unspecified atom stereocenters. The Hall–Kier alpha value is -1.67. The van der Waals surface area contributed by atoms with Gasteiger partial charge in [-0.15, -0.1) is 0 Å². The number of aryl methyl sites for hydroxylation is 1. The number of aliphatic hydroxyl groups excluding tert-OH is 1. The van der Waals surface area contributed by atoms with Crippen molar-refractivity contribution >= 4 is 0 Å². The number of aliphatic hydroxyl groups is 1. The first-order valence-electron chi connectivity index (χ1n) is 6.40. The molecule has 0 aliphatic carbocycles. The highest BCUT2D eigenvalue weighted by Gasteiger charge is 2.18. The minimum atomic E-state index is -0.509. The van der Waals surface area contributed by atoms with Gasteiger partial charge in [0.2, 0.25) is 0 Å². The molecular formula is C16H19NO. The van der Waals surface area contributed by atoms with Gasteiger partial charge in [-0.1, -0.05) is 44.2 Å². The third kappa shape index (κ3) is 2.77. The zero-order valence-corrected chi connectivity index (χ0v) is 10.9. The maximum Gasteiger partial charge on any atom is 0.0870 e. The fourth-order valence-electron chi connectivity index (χ4n) is 2.05. The molecule has 0 amide bonds. The molecule has 1 N–H and O–H groups in total. The molecule has 0 saturated carbocycles. The highest BCUT2D eigenvalue weighted by molar-refractivity contribution is 5.26. The van der Waals surface area contributed by atoms with Gasteiger partial charge in [0.05, 0.1) is 6.10 Å². The van der Waals surface area contributed by atoms with Gasteiger partial charge in [-0.3, -0.25) is 4.98 Å². The van der Waals surface area contributed by atoms with Crippen LogP contribution in [0.15, 0.2) is 48.7 Å². The number of benzene rings is 1. The number of aromatic nitrogens is 1. The summed E-state index contributed by atoms with van der Waals surface area (Å²) >= 11 is 0. The summed E-state index contributed by atoms with van der Waals surface area (Å²) in [5.74, 6) is -0.00123. The Kier molecular flexibility index (Phi) is 4.11. The average Bonchev–Trinajstić information content (AvgIpc) is 2.47. The zero-order chi connectivity index (χ0) is 13.0. The van der Waals surface area contributed by atoms with Gasteiger partial charge < -0.3 is 5.11 Å². The van der Waals surface area contributed by atoms with Gasteiger partial charge in [0.25, 0.3) is 0 Å². The van der Waals surface area contributed by atoms with Crippen LogP contribution in [0.2, 0.25) is 0 Å². The highest BCUT2D eigenvalue weighted by Crippen LogP contribution is 2.29. The minimum Gasteiger partial charge on any atom is -0.388 e. The van der Waals surface area contributed by atoms with E-state index < -0.39 is 6.10 Å². The molecule has 0 aliphatic rings. The zero-order valence-electron chi connectivity index (χ0n) is 10.9. The molecule has 94 valence electrons. The van der Waals surface area contributed by atoms with E-state index in [1.807, 2.05) is 37.3 Å². The molecule has 2 atom stereocenters. The van der Waals surface area contributed by atoms with Crippen molar-refractivity contribution in [2.45, 2.75) is 32.3 Å². The molecule has 1 aromatic carbocycles. The quantitative estimate of drug-likeness (QED) is 0.889. The molecule has 2 heteroatoms. The van der Waals surface area contributed by atoms with Crippen molar-refractivity contribution in [1.29, 1.82) is 0 Å². The fraction of sp³-hybridized carbons (Fsp3) is 0.312. The number of hydrogen-bond acceptors (Lipinski definition) is 2. The van der Waals surface area contributed by atoms with Crippen LogP contribution in [-0.4, -0.2) is 10.1 Å². The standard InChI is InChI=1S/C16H19NO/c1-3-13-7-9-14(10-8-13)16(18)12(2)15-6-4-5-11-17-15/h4-12,16,18H,3H2,1-2H3. The second-order valence-corrected chi connectivity index (χ2v) is 4.58. The van der Waals surface area contributed by atoms with E-state index in [0.29, 0.717) is 0 Å². The van der Waals surface area contributed by atoms with Gasteiger partial charge >= 0.3 is 0 Å². The molecule has 18 heavy (non-hydrogen) atoms.